The number of non-ortho nitro benzene ring substituents is 1. The molecular formula is C14H19N3O2. The maximum absolute atomic E-state index is 10.8. The Hall–Kier alpha value is -1.46. The van der Waals surface area contributed by atoms with Crippen molar-refractivity contribution in [2.45, 2.75) is 25.4 Å². The highest BCUT2D eigenvalue weighted by Gasteiger charge is 2.40. The van der Waals surface area contributed by atoms with Gasteiger partial charge in [-0.25, -0.2) is 0 Å². The minimum Gasteiger partial charge on any atom is -0.327 e. The van der Waals surface area contributed by atoms with E-state index < -0.39 is 0 Å². The van der Waals surface area contributed by atoms with E-state index >= 15 is 0 Å². The molecule has 1 saturated carbocycles. The van der Waals surface area contributed by atoms with Crippen molar-refractivity contribution in [2.75, 3.05) is 13.1 Å². The molecule has 2 fully saturated rings. The van der Waals surface area contributed by atoms with E-state index in [2.05, 4.69) is 4.90 Å². The average molecular weight is 261 g/mol. The topological polar surface area (TPSA) is 72.4 Å². The minimum atomic E-state index is -0.335. The molecule has 5 nitrogen and oxygen atoms in total. The smallest absolute Gasteiger partial charge is 0.269 e. The number of nitro groups is 1. The largest absolute Gasteiger partial charge is 0.327 e. The standard InChI is InChI=1S/C14H19N3O2/c15-14-5-4-11-8-16(9-13(11)14)7-10-2-1-3-12(6-10)17(18)19/h1-3,6,11,13-14H,4-5,7-9,15H2. The normalized spacial score (nSPS) is 30.5. The summed E-state index contributed by atoms with van der Waals surface area (Å²) in [6.07, 6.45) is 2.39. The molecule has 1 heterocycles. The van der Waals surface area contributed by atoms with Gasteiger partial charge < -0.3 is 5.73 Å². The first-order chi connectivity index (χ1) is 9.13. The Balaban J connectivity index is 1.66. The van der Waals surface area contributed by atoms with Crippen LogP contribution in [0.1, 0.15) is 18.4 Å². The molecule has 3 unspecified atom stereocenters. The Labute approximate surface area is 112 Å². The number of nitro benzene ring substituents is 1. The molecule has 1 aromatic rings. The van der Waals surface area contributed by atoms with Crippen LogP contribution in [0, 0.1) is 22.0 Å². The van der Waals surface area contributed by atoms with Crippen molar-refractivity contribution in [3.05, 3.63) is 39.9 Å². The zero-order valence-corrected chi connectivity index (χ0v) is 10.9. The van der Waals surface area contributed by atoms with Gasteiger partial charge in [0.05, 0.1) is 4.92 Å². The van der Waals surface area contributed by atoms with E-state index in [0.29, 0.717) is 12.0 Å². The monoisotopic (exact) mass is 261 g/mol. The highest BCUT2D eigenvalue weighted by molar-refractivity contribution is 5.34. The second kappa shape index (κ2) is 4.90. The third-order valence-electron chi connectivity index (χ3n) is 4.52. The summed E-state index contributed by atoms with van der Waals surface area (Å²) in [4.78, 5) is 12.8. The first kappa shape index (κ1) is 12.6. The van der Waals surface area contributed by atoms with E-state index in [9.17, 15) is 10.1 Å². The van der Waals surface area contributed by atoms with E-state index in [4.69, 9.17) is 5.73 Å². The van der Waals surface area contributed by atoms with Gasteiger partial charge >= 0.3 is 0 Å². The summed E-state index contributed by atoms with van der Waals surface area (Å²) in [5.41, 5.74) is 7.31. The summed E-state index contributed by atoms with van der Waals surface area (Å²) in [6, 6.07) is 7.28. The first-order valence-corrected chi connectivity index (χ1v) is 6.85. The highest BCUT2D eigenvalue weighted by Crippen LogP contribution is 2.37. The molecule has 0 aromatic heterocycles. The summed E-state index contributed by atoms with van der Waals surface area (Å²) >= 11 is 0. The molecule has 3 rings (SSSR count). The van der Waals surface area contributed by atoms with Gasteiger partial charge in [-0.2, -0.15) is 0 Å². The SMILES string of the molecule is NC1CCC2CN(Cc3cccc([N+](=O)[O-])c3)CC12. The van der Waals surface area contributed by atoms with Gasteiger partial charge in [-0.3, -0.25) is 15.0 Å². The summed E-state index contributed by atoms with van der Waals surface area (Å²) in [6.45, 7) is 2.91. The zero-order valence-electron chi connectivity index (χ0n) is 10.9. The Morgan fingerprint density at radius 3 is 2.95 bits per heavy atom. The average Bonchev–Trinajstić information content (AvgIpc) is 2.92. The van der Waals surface area contributed by atoms with Gasteiger partial charge in [0.25, 0.3) is 5.69 Å². The van der Waals surface area contributed by atoms with Crippen molar-refractivity contribution in [3.8, 4) is 0 Å². The van der Waals surface area contributed by atoms with Crippen LogP contribution in [-0.2, 0) is 6.54 Å². The highest BCUT2D eigenvalue weighted by atomic mass is 16.6. The lowest BCUT2D eigenvalue weighted by Crippen LogP contribution is -2.30. The Morgan fingerprint density at radius 1 is 1.37 bits per heavy atom. The number of likely N-dealkylation sites (tertiary alicyclic amines) is 1. The van der Waals surface area contributed by atoms with Crippen molar-refractivity contribution >= 4 is 5.69 Å². The minimum absolute atomic E-state index is 0.175. The van der Waals surface area contributed by atoms with Crippen LogP contribution in [0.3, 0.4) is 0 Å². The number of benzene rings is 1. The Kier molecular flexibility index (Phi) is 3.24. The zero-order chi connectivity index (χ0) is 13.4. The Bertz CT molecular complexity index is 491. The van der Waals surface area contributed by atoms with Gasteiger partial charge in [-0.05, 0) is 30.2 Å². The van der Waals surface area contributed by atoms with Crippen molar-refractivity contribution in [1.82, 2.24) is 4.90 Å². The van der Waals surface area contributed by atoms with E-state index in [-0.39, 0.29) is 10.6 Å². The predicted molar refractivity (Wildman–Crippen MR) is 72.6 cm³/mol. The van der Waals surface area contributed by atoms with Crippen LogP contribution in [0.2, 0.25) is 0 Å². The van der Waals surface area contributed by atoms with Crippen LogP contribution in [-0.4, -0.2) is 29.0 Å². The van der Waals surface area contributed by atoms with Gasteiger partial charge in [-0.1, -0.05) is 12.1 Å². The maximum Gasteiger partial charge on any atom is 0.269 e. The molecule has 5 heteroatoms. The first-order valence-electron chi connectivity index (χ1n) is 6.85. The maximum atomic E-state index is 10.8. The molecule has 2 N–H and O–H groups in total. The number of nitrogens with zero attached hydrogens (tertiary/aromatic N) is 2. The predicted octanol–water partition coefficient (Wildman–Crippen LogP) is 1.76. The van der Waals surface area contributed by atoms with Gasteiger partial charge in [0.2, 0.25) is 0 Å². The van der Waals surface area contributed by atoms with Gasteiger partial charge in [0.15, 0.2) is 0 Å². The van der Waals surface area contributed by atoms with Gasteiger partial charge in [0, 0.05) is 37.8 Å². The molecule has 19 heavy (non-hydrogen) atoms. The fraction of sp³-hybridized carbons (Fsp3) is 0.571. The molecule has 1 aromatic carbocycles. The van der Waals surface area contributed by atoms with E-state index in [0.717, 1.165) is 37.5 Å². The van der Waals surface area contributed by atoms with E-state index in [1.165, 1.54) is 12.5 Å². The fourth-order valence-electron chi connectivity index (χ4n) is 3.56. The quantitative estimate of drug-likeness (QED) is 0.664. The van der Waals surface area contributed by atoms with Crippen molar-refractivity contribution in [3.63, 3.8) is 0 Å². The van der Waals surface area contributed by atoms with E-state index in [1.807, 2.05) is 6.07 Å². The number of fused-ring (bicyclic) bond motifs is 1. The molecule has 0 bridgehead atoms. The second-order valence-corrected chi connectivity index (χ2v) is 5.79. The molecule has 102 valence electrons. The summed E-state index contributed by atoms with van der Waals surface area (Å²) in [5, 5.41) is 10.8. The van der Waals surface area contributed by atoms with Gasteiger partial charge in [0.1, 0.15) is 0 Å². The number of nitrogens with two attached hydrogens (primary N) is 1. The molecular weight excluding hydrogens is 242 g/mol. The van der Waals surface area contributed by atoms with Crippen LogP contribution in [0.15, 0.2) is 24.3 Å². The summed E-state index contributed by atoms with van der Waals surface area (Å²) < 4.78 is 0. The molecule has 1 aliphatic heterocycles. The van der Waals surface area contributed by atoms with Crippen LogP contribution in [0.25, 0.3) is 0 Å². The summed E-state index contributed by atoms with van der Waals surface area (Å²) in [5.74, 6) is 1.35. The molecule has 1 saturated heterocycles. The lowest BCUT2D eigenvalue weighted by Gasteiger charge is -2.18. The molecule has 2 aliphatic rings. The molecule has 0 amide bonds. The van der Waals surface area contributed by atoms with Crippen molar-refractivity contribution < 1.29 is 4.92 Å². The molecule has 1 aliphatic carbocycles. The lowest BCUT2D eigenvalue weighted by atomic mass is 9.98. The van der Waals surface area contributed by atoms with Crippen LogP contribution >= 0.6 is 0 Å². The molecule has 3 atom stereocenters. The second-order valence-electron chi connectivity index (χ2n) is 5.79. The van der Waals surface area contributed by atoms with Crippen LogP contribution < -0.4 is 5.73 Å². The van der Waals surface area contributed by atoms with Crippen molar-refractivity contribution in [2.24, 2.45) is 17.6 Å². The van der Waals surface area contributed by atoms with Crippen LogP contribution in [0.4, 0.5) is 5.69 Å². The van der Waals surface area contributed by atoms with Crippen molar-refractivity contribution in [1.29, 1.82) is 0 Å². The summed E-state index contributed by atoms with van der Waals surface area (Å²) in [7, 11) is 0. The van der Waals surface area contributed by atoms with E-state index in [1.54, 1.807) is 12.1 Å². The van der Waals surface area contributed by atoms with Gasteiger partial charge in [-0.15, -0.1) is 0 Å². The number of hydrogen-bond donors (Lipinski definition) is 1. The third kappa shape index (κ3) is 2.48. The molecule has 0 radical (unpaired) electrons. The fourth-order valence-corrected chi connectivity index (χ4v) is 3.56. The Morgan fingerprint density at radius 2 is 2.21 bits per heavy atom. The molecule has 0 spiro atoms. The van der Waals surface area contributed by atoms with Crippen LogP contribution in [0.5, 0.6) is 0 Å². The number of rotatable bonds is 3. The third-order valence-corrected chi connectivity index (χ3v) is 4.52. The lowest BCUT2D eigenvalue weighted by molar-refractivity contribution is -0.384. The number of hydrogen-bond acceptors (Lipinski definition) is 4.